The van der Waals surface area contributed by atoms with Crippen LogP contribution in [0.5, 0.6) is 0 Å². The minimum atomic E-state index is -0.0895. The molecule has 0 fully saturated rings. The molecule has 1 aromatic rings. The predicted octanol–water partition coefficient (Wildman–Crippen LogP) is 4.86. The molecule has 0 amide bonds. The minimum absolute atomic E-state index is 0.0813. The molecule has 0 saturated heterocycles. The molecule has 0 atom stereocenters. The lowest BCUT2D eigenvalue weighted by molar-refractivity contribution is -0.117. The van der Waals surface area contributed by atoms with E-state index in [1.165, 1.54) is 0 Å². The molecule has 28 heavy (non-hydrogen) atoms. The Bertz CT molecular complexity index is 817. The molecule has 150 valence electrons. The number of allylic oxidation sites excluding steroid dienone is 2. The summed E-state index contributed by atoms with van der Waals surface area (Å²) in [5.41, 5.74) is 4.35. The summed E-state index contributed by atoms with van der Waals surface area (Å²) in [6.45, 7) is 10.8. The number of ketones is 1. The van der Waals surface area contributed by atoms with Crippen molar-refractivity contribution in [1.29, 1.82) is 0 Å². The maximum Gasteiger partial charge on any atom is 0.168 e. The number of benzene rings is 1. The number of rotatable bonds is 7. The lowest BCUT2D eigenvalue weighted by Gasteiger charge is -2.33. The fourth-order valence-electron chi connectivity index (χ4n) is 3.29. The van der Waals surface area contributed by atoms with E-state index in [1.807, 2.05) is 62.3 Å². The first kappa shape index (κ1) is 21.9. The van der Waals surface area contributed by atoms with E-state index in [0.29, 0.717) is 23.5 Å². The summed E-state index contributed by atoms with van der Waals surface area (Å²) in [5.74, 6) is 0.0813. The smallest absolute Gasteiger partial charge is 0.168 e. The zero-order valence-electron chi connectivity index (χ0n) is 17.6. The monoisotopic (exact) mass is 397 g/mol. The van der Waals surface area contributed by atoms with Crippen LogP contribution < -0.4 is 15.5 Å². The third kappa shape index (κ3) is 5.80. The zero-order chi connectivity index (χ0) is 20.9. The van der Waals surface area contributed by atoms with Gasteiger partial charge in [0, 0.05) is 44.1 Å². The molecule has 0 heterocycles. The molecule has 0 bridgehead atoms. The molecule has 4 nitrogen and oxygen atoms in total. The first-order valence-electron chi connectivity index (χ1n) is 9.52. The van der Waals surface area contributed by atoms with Gasteiger partial charge in [-0.25, -0.2) is 0 Å². The first-order chi connectivity index (χ1) is 13.1. The van der Waals surface area contributed by atoms with Crippen molar-refractivity contribution in [3.05, 3.63) is 59.8 Å². The van der Waals surface area contributed by atoms with Gasteiger partial charge in [-0.1, -0.05) is 44.8 Å². The van der Waals surface area contributed by atoms with E-state index < -0.39 is 0 Å². The van der Waals surface area contributed by atoms with Gasteiger partial charge in [0.25, 0.3) is 0 Å². The fraction of sp³-hybridized carbons (Fsp3) is 0.391. The van der Waals surface area contributed by atoms with E-state index >= 15 is 0 Å². The Morgan fingerprint density at radius 3 is 2.46 bits per heavy atom. The summed E-state index contributed by atoms with van der Waals surface area (Å²) in [7, 11) is 4.00. The Morgan fingerprint density at radius 1 is 1.25 bits per heavy atom. The normalized spacial score (nSPS) is 16.2. The SMILES string of the molecule is C=C(/C=C\C)CNC1=C(C(=S)Nc2ccc(N(C)C)cc2)C(=O)CC(C)(C)C1. The van der Waals surface area contributed by atoms with Gasteiger partial charge in [-0.05, 0) is 48.6 Å². The number of thiocarbonyl (C=S) groups is 1. The van der Waals surface area contributed by atoms with Gasteiger partial charge >= 0.3 is 0 Å². The van der Waals surface area contributed by atoms with Crippen LogP contribution in [0.2, 0.25) is 0 Å². The Labute approximate surface area is 174 Å². The third-order valence-electron chi connectivity index (χ3n) is 4.67. The highest BCUT2D eigenvalue weighted by atomic mass is 32.1. The standard InChI is InChI=1S/C23H31N3OS/c1-7-8-16(2)15-24-19-13-23(3,4)14-20(27)21(19)22(28)25-17-9-11-18(12-10-17)26(5)6/h7-12,24H,2,13-15H2,1,3-6H3,(H,25,28)/b8-7-. The number of anilines is 2. The molecule has 0 unspecified atom stereocenters. The molecule has 1 aliphatic rings. The molecular formula is C23H31N3OS. The number of nitrogens with one attached hydrogen (secondary N) is 2. The average molecular weight is 398 g/mol. The fourth-order valence-corrected chi connectivity index (χ4v) is 3.64. The molecular weight excluding hydrogens is 366 g/mol. The predicted molar refractivity (Wildman–Crippen MR) is 124 cm³/mol. The first-order valence-corrected chi connectivity index (χ1v) is 9.93. The van der Waals surface area contributed by atoms with Crippen LogP contribution >= 0.6 is 12.2 Å². The van der Waals surface area contributed by atoms with E-state index in [-0.39, 0.29) is 11.2 Å². The number of nitrogens with zero attached hydrogens (tertiary/aromatic N) is 1. The lowest BCUT2D eigenvalue weighted by Crippen LogP contribution is -2.35. The van der Waals surface area contributed by atoms with E-state index in [1.54, 1.807) is 0 Å². The van der Waals surface area contributed by atoms with Crippen LogP contribution in [0.15, 0.2) is 59.8 Å². The Hall–Kier alpha value is -2.40. The van der Waals surface area contributed by atoms with Gasteiger partial charge in [0.1, 0.15) is 4.99 Å². The minimum Gasteiger partial charge on any atom is -0.384 e. The highest BCUT2D eigenvalue weighted by Crippen LogP contribution is 2.36. The van der Waals surface area contributed by atoms with Gasteiger partial charge in [-0.15, -0.1) is 0 Å². The van der Waals surface area contributed by atoms with Crippen molar-refractivity contribution >= 4 is 34.4 Å². The quantitative estimate of drug-likeness (QED) is 0.508. The molecule has 2 N–H and O–H groups in total. The van der Waals surface area contributed by atoms with Gasteiger partial charge < -0.3 is 15.5 Å². The zero-order valence-corrected chi connectivity index (χ0v) is 18.4. The van der Waals surface area contributed by atoms with Crippen LogP contribution in [-0.4, -0.2) is 31.4 Å². The molecule has 0 aliphatic heterocycles. The van der Waals surface area contributed by atoms with Crippen molar-refractivity contribution < 1.29 is 4.79 Å². The highest BCUT2D eigenvalue weighted by Gasteiger charge is 2.34. The summed E-state index contributed by atoms with van der Waals surface area (Å²) in [6, 6.07) is 7.98. The van der Waals surface area contributed by atoms with Crippen LogP contribution in [0.4, 0.5) is 11.4 Å². The molecule has 1 aliphatic carbocycles. The van der Waals surface area contributed by atoms with Gasteiger partial charge in [-0.3, -0.25) is 4.79 Å². The van der Waals surface area contributed by atoms with Crippen molar-refractivity contribution in [3.8, 4) is 0 Å². The highest BCUT2D eigenvalue weighted by molar-refractivity contribution is 7.81. The molecule has 0 aromatic heterocycles. The Balaban J connectivity index is 2.25. The van der Waals surface area contributed by atoms with E-state index in [0.717, 1.165) is 29.1 Å². The lowest BCUT2D eigenvalue weighted by atomic mass is 9.75. The molecule has 0 saturated carbocycles. The second-order valence-electron chi connectivity index (χ2n) is 8.20. The van der Waals surface area contributed by atoms with Crippen molar-refractivity contribution in [3.63, 3.8) is 0 Å². The van der Waals surface area contributed by atoms with Crippen LogP contribution in [0, 0.1) is 5.41 Å². The van der Waals surface area contributed by atoms with Gasteiger partial charge in [-0.2, -0.15) is 0 Å². The number of carbonyl (C=O) groups excluding carboxylic acids is 1. The van der Waals surface area contributed by atoms with Crippen LogP contribution in [0.1, 0.15) is 33.6 Å². The van der Waals surface area contributed by atoms with Gasteiger partial charge in [0.05, 0.1) is 5.57 Å². The molecule has 5 heteroatoms. The molecule has 1 aromatic carbocycles. The summed E-state index contributed by atoms with van der Waals surface area (Å²) in [6.07, 6.45) is 5.19. The maximum atomic E-state index is 12.9. The van der Waals surface area contributed by atoms with Crippen molar-refractivity contribution in [2.45, 2.75) is 33.6 Å². The summed E-state index contributed by atoms with van der Waals surface area (Å²) < 4.78 is 0. The Kier molecular flexibility index (Phi) is 7.19. The van der Waals surface area contributed by atoms with Crippen LogP contribution in [0.3, 0.4) is 0 Å². The third-order valence-corrected chi connectivity index (χ3v) is 4.98. The number of hydrogen-bond acceptors (Lipinski definition) is 4. The molecule has 0 spiro atoms. The van der Waals surface area contributed by atoms with Gasteiger partial charge in [0.2, 0.25) is 0 Å². The number of carbonyl (C=O) groups is 1. The van der Waals surface area contributed by atoms with Crippen LogP contribution in [0.25, 0.3) is 0 Å². The van der Waals surface area contributed by atoms with Gasteiger partial charge in [0.15, 0.2) is 5.78 Å². The van der Waals surface area contributed by atoms with Crippen molar-refractivity contribution in [2.75, 3.05) is 30.9 Å². The summed E-state index contributed by atoms with van der Waals surface area (Å²) >= 11 is 5.62. The second kappa shape index (κ2) is 9.20. The molecule has 0 radical (unpaired) electrons. The summed E-state index contributed by atoms with van der Waals surface area (Å²) in [4.78, 5) is 15.4. The summed E-state index contributed by atoms with van der Waals surface area (Å²) in [5, 5.41) is 6.64. The Morgan fingerprint density at radius 2 is 1.89 bits per heavy atom. The largest absolute Gasteiger partial charge is 0.384 e. The average Bonchev–Trinajstić information content (AvgIpc) is 2.59. The van der Waals surface area contributed by atoms with E-state index in [2.05, 4.69) is 31.1 Å². The number of hydrogen-bond donors (Lipinski definition) is 2. The van der Waals surface area contributed by atoms with Crippen LogP contribution in [-0.2, 0) is 4.79 Å². The van der Waals surface area contributed by atoms with Crippen molar-refractivity contribution in [1.82, 2.24) is 5.32 Å². The van der Waals surface area contributed by atoms with E-state index in [9.17, 15) is 4.79 Å². The van der Waals surface area contributed by atoms with Crippen molar-refractivity contribution in [2.24, 2.45) is 5.41 Å². The molecule has 2 rings (SSSR count). The van der Waals surface area contributed by atoms with E-state index in [4.69, 9.17) is 12.2 Å². The second-order valence-corrected chi connectivity index (χ2v) is 8.61. The number of Topliss-reactive ketones (excluding diaryl/α,β-unsaturated/α-hetero) is 1. The topological polar surface area (TPSA) is 44.4 Å². The maximum absolute atomic E-state index is 12.9.